The van der Waals surface area contributed by atoms with Crippen molar-refractivity contribution in [3.05, 3.63) is 101 Å². The highest BCUT2D eigenvalue weighted by Crippen LogP contribution is 2.49. The number of benzene rings is 3. The fraction of sp³-hybridized carbons (Fsp3) is 0.148. The molecule has 1 aromatic heterocycles. The minimum absolute atomic E-state index is 0.280. The number of hydrogen-bond donors (Lipinski definition) is 0. The van der Waals surface area contributed by atoms with Crippen LogP contribution in [0.25, 0.3) is 10.9 Å². The molecule has 2 saturated heterocycles. The number of aryl methyl sites for hydroxylation is 1. The number of amides is 2. The van der Waals surface area contributed by atoms with Gasteiger partial charge in [0.1, 0.15) is 11.1 Å². The summed E-state index contributed by atoms with van der Waals surface area (Å²) in [5.41, 5.74) is 3.71. The average Bonchev–Trinajstić information content (AvgIpc) is 3.36. The fourth-order valence-electron chi connectivity index (χ4n) is 4.79. The third-order valence-electron chi connectivity index (χ3n) is 6.44. The monoisotopic (exact) mass is 469 g/mol. The number of aromatic nitrogens is 1. The molecular formula is C27H20ClN3O3. The minimum atomic E-state index is -0.957. The third-order valence-corrected chi connectivity index (χ3v) is 6.74. The molecule has 2 fully saturated rings. The molecule has 3 atom stereocenters. The van der Waals surface area contributed by atoms with E-state index in [1.54, 1.807) is 17.2 Å². The summed E-state index contributed by atoms with van der Waals surface area (Å²) in [5, 5.41) is 2.81. The summed E-state index contributed by atoms with van der Waals surface area (Å²) in [6.45, 7) is 1.96. The van der Waals surface area contributed by atoms with E-state index in [0.717, 1.165) is 22.2 Å². The second kappa shape index (κ2) is 7.94. The van der Waals surface area contributed by atoms with Gasteiger partial charge in [0, 0.05) is 10.9 Å². The Hall–Kier alpha value is -3.74. The molecule has 0 unspecified atom stereocenters. The van der Waals surface area contributed by atoms with E-state index in [4.69, 9.17) is 16.4 Å². The van der Waals surface area contributed by atoms with Crippen LogP contribution in [0.3, 0.4) is 0 Å². The molecule has 0 saturated carbocycles. The van der Waals surface area contributed by atoms with Gasteiger partial charge in [-0.25, -0.2) is 14.9 Å². The molecular weight excluding hydrogens is 450 g/mol. The van der Waals surface area contributed by atoms with E-state index < -0.39 is 18.1 Å². The van der Waals surface area contributed by atoms with E-state index in [1.807, 2.05) is 79.7 Å². The summed E-state index contributed by atoms with van der Waals surface area (Å²) in [6, 6.07) is 25.7. The summed E-state index contributed by atoms with van der Waals surface area (Å²) in [5.74, 6) is -1.46. The average molecular weight is 470 g/mol. The number of para-hydroxylation sites is 2. The van der Waals surface area contributed by atoms with Crippen molar-refractivity contribution in [3.63, 3.8) is 0 Å². The van der Waals surface area contributed by atoms with E-state index in [2.05, 4.69) is 4.98 Å². The molecule has 3 heterocycles. The van der Waals surface area contributed by atoms with Crippen molar-refractivity contribution < 1.29 is 14.4 Å². The van der Waals surface area contributed by atoms with Crippen molar-refractivity contribution in [2.45, 2.75) is 19.1 Å². The lowest BCUT2D eigenvalue weighted by atomic mass is 9.90. The molecule has 2 aliphatic rings. The number of carbonyl (C=O) groups is 2. The Morgan fingerprint density at radius 2 is 1.56 bits per heavy atom. The summed E-state index contributed by atoms with van der Waals surface area (Å²) in [7, 11) is 0. The second-order valence-corrected chi connectivity index (χ2v) is 8.92. The van der Waals surface area contributed by atoms with Crippen molar-refractivity contribution >= 4 is 45.7 Å². The van der Waals surface area contributed by atoms with Gasteiger partial charge in [-0.3, -0.25) is 14.4 Å². The molecule has 0 aliphatic carbocycles. The maximum atomic E-state index is 13.8. The van der Waals surface area contributed by atoms with Crippen LogP contribution in [-0.4, -0.2) is 22.9 Å². The molecule has 2 aliphatic heterocycles. The molecule has 34 heavy (non-hydrogen) atoms. The molecule has 0 N–H and O–H groups in total. The highest BCUT2D eigenvalue weighted by molar-refractivity contribution is 6.31. The molecule has 4 aromatic rings. The van der Waals surface area contributed by atoms with Crippen LogP contribution >= 0.6 is 11.6 Å². The number of imide groups is 1. The van der Waals surface area contributed by atoms with E-state index in [9.17, 15) is 9.59 Å². The molecule has 0 spiro atoms. The predicted octanol–water partition coefficient (Wildman–Crippen LogP) is 5.25. The molecule has 3 aromatic carbocycles. The first-order chi connectivity index (χ1) is 16.5. The minimum Gasteiger partial charge on any atom is -0.273 e. The maximum Gasteiger partial charge on any atom is 0.266 e. The number of anilines is 2. The predicted molar refractivity (Wildman–Crippen MR) is 130 cm³/mol. The van der Waals surface area contributed by atoms with Crippen LogP contribution in [0.5, 0.6) is 0 Å². The van der Waals surface area contributed by atoms with Gasteiger partial charge >= 0.3 is 0 Å². The van der Waals surface area contributed by atoms with Crippen LogP contribution in [0.15, 0.2) is 84.9 Å². The van der Waals surface area contributed by atoms with Crippen LogP contribution in [-0.2, 0) is 14.4 Å². The molecule has 0 bridgehead atoms. The highest BCUT2D eigenvalue weighted by Gasteiger charge is 2.60. The lowest BCUT2D eigenvalue weighted by Gasteiger charge is -2.29. The molecule has 2 amide bonds. The third kappa shape index (κ3) is 3.18. The Balaban J connectivity index is 1.49. The first-order valence-electron chi connectivity index (χ1n) is 11.0. The van der Waals surface area contributed by atoms with Crippen molar-refractivity contribution in [2.24, 2.45) is 5.92 Å². The van der Waals surface area contributed by atoms with Crippen molar-refractivity contribution in [1.82, 2.24) is 4.98 Å². The molecule has 6 nitrogen and oxygen atoms in total. The van der Waals surface area contributed by atoms with Crippen LogP contribution in [0.4, 0.5) is 11.4 Å². The van der Waals surface area contributed by atoms with Gasteiger partial charge in [-0.15, -0.1) is 0 Å². The number of rotatable bonds is 3. The van der Waals surface area contributed by atoms with Crippen LogP contribution in [0.1, 0.15) is 17.2 Å². The zero-order valence-electron chi connectivity index (χ0n) is 18.3. The van der Waals surface area contributed by atoms with Crippen molar-refractivity contribution in [1.29, 1.82) is 0 Å². The van der Waals surface area contributed by atoms with Crippen molar-refractivity contribution in [2.75, 3.05) is 9.96 Å². The van der Waals surface area contributed by atoms with Gasteiger partial charge in [-0.05, 0) is 43.3 Å². The zero-order chi connectivity index (χ0) is 23.4. The van der Waals surface area contributed by atoms with Crippen molar-refractivity contribution in [3.8, 4) is 0 Å². The quantitative estimate of drug-likeness (QED) is 0.303. The Labute approximate surface area is 201 Å². The SMILES string of the molecule is Cc1ccc(N2C(=O)[C@@H]3[C@@H](ON(c4ccccc4)[C@H]3c3cc4ccccc4nc3Cl)C2=O)cc1. The van der Waals surface area contributed by atoms with Gasteiger partial charge in [-0.1, -0.05) is 65.7 Å². The van der Waals surface area contributed by atoms with E-state index in [0.29, 0.717) is 11.3 Å². The lowest BCUT2D eigenvalue weighted by Crippen LogP contribution is -2.37. The molecule has 168 valence electrons. The number of nitrogens with zero attached hydrogens (tertiary/aromatic N) is 3. The Morgan fingerprint density at radius 3 is 2.32 bits per heavy atom. The van der Waals surface area contributed by atoms with Gasteiger partial charge in [0.05, 0.1) is 22.9 Å². The number of pyridine rings is 1. The number of halogens is 1. The molecule has 0 radical (unpaired) electrons. The number of fused-ring (bicyclic) bond motifs is 2. The Kier molecular flexibility index (Phi) is 4.86. The Morgan fingerprint density at radius 1 is 0.853 bits per heavy atom. The number of hydrogen-bond acceptors (Lipinski definition) is 5. The van der Waals surface area contributed by atoms with Crippen LogP contribution in [0.2, 0.25) is 5.15 Å². The van der Waals surface area contributed by atoms with Gasteiger partial charge in [0.25, 0.3) is 5.91 Å². The second-order valence-electron chi connectivity index (χ2n) is 8.57. The van der Waals surface area contributed by atoms with Crippen LogP contribution < -0.4 is 9.96 Å². The summed E-state index contributed by atoms with van der Waals surface area (Å²) in [4.78, 5) is 39.2. The van der Waals surface area contributed by atoms with E-state index in [1.165, 1.54) is 4.90 Å². The molecule has 6 rings (SSSR count). The number of hydroxylamine groups is 1. The zero-order valence-corrected chi connectivity index (χ0v) is 19.0. The number of carbonyl (C=O) groups excluding carboxylic acids is 2. The summed E-state index contributed by atoms with van der Waals surface area (Å²) < 4.78 is 0. The maximum absolute atomic E-state index is 13.8. The fourth-order valence-corrected chi connectivity index (χ4v) is 5.05. The topological polar surface area (TPSA) is 62.7 Å². The first kappa shape index (κ1) is 20.8. The van der Waals surface area contributed by atoms with Gasteiger partial charge in [0.15, 0.2) is 6.10 Å². The Bertz CT molecular complexity index is 1420. The van der Waals surface area contributed by atoms with Gasteiger partial charge < -0.3 is 0 Å². The standard InChI is InChI=1S/C27H20ClN3O3/c1-16-11-13-18(14-12-16)30-26(32)22-23(20-15-17-7-5-6-10-21(17)29-25(20)28)31(34-24(22)27(30)33)19-8-3-2-4-9-19/h2-15,22-24H,1H3/t22-,23-,24+/m0/s1. The van der Waals surface area contributed by atoms with Crippen LogP contribution in [0, 0.1) is 12.8 Å². The summed E-state index contributed by atoms with van der Waals surface area (Å²) >= 11 is 6.68. The first-order valence-corrected chi connectivity index (χ1v) is 11.4. The van der Waals surface area contributed by atoms with Gasteiger partial charge in [-0.2, -0.15) is 0 Å². The molecule has 7 heteroatoms. The lowest BCUT2D eigenvalue weighted by molar-refractivity contribution is -0.126. The van der Waals surface area contributed by atoms with E-state index in [-0.39, 0.29) is 17.0 Å². The largest absolute Gasteiger partial charge is 0.273 e. The van der Waals surface area contributed by atoms with E-state index >= 15 is 0 Å². The highest BCUT2D eigenvalue weighted by atomic mass is 35.5. The normalized spacial score (nSPS) is 22.0. The smallest absolute Gasteiger partial charge is 0.266 e. The van der Waals surface area contributed by atoms with Gasteiger partial charge in [0.2, 0.25) is 5.91 Å². The summed E-state index contributed by atoms with van der Waals surface area (Å²) in [6.07, 6.45) is -0.957.